The van der Waals surface area contributed by atoms with Crippen molar-refractivity contribution in [3.8, 4) is 0 Å². The molecule has 12 saturated heterocycles. The number of amides is 17. The number of rotatable bonds is 24. The van der Waals surface area contributed by atoms with Crippen LogP contribution in [0.5, 0.6) is 0 Å². The molecule has 0 saturated carbocycles. The third-order valence-electron chi connectivity index (χ3n) is 24.3. The average Bonchev–Trinajstić information content (AvgIpc) is 1.68. The Morgan fingerprint density at radius 1 is 0.252 bits per heavy atom. The first-order valence-corrected chi connectivity index (χ1v) is 39.9. The zero-order valence-corrected chi connectivity index (χ0v) is 63.7. The monoisotopic (exact) mass is 1620 g/mol. The molecule has 115 heavy (non-hydrogen) atoms. The van der Waals surface area contributed by atoms with Crippen LogP contribution in [-0.2, 0) is 86.3 Å². The van der Waals surface area contributed by atoms with Gasteiger partial charge in [-0.15, -0.1) is 0 Å². The Bertz CT molecular complexity index is 3840. The van der Waals surface area contributed by atoms with E-state index >= 15 is 0 Å². The molecule has 0 unspecified atom stereocenters. The fourth-order valence-electron chi connectivity index (χ4n) is 18.7. The summed E-state index contributed by atoms with van der Waals surface area (Å²) >= 11 is 0. The van der Waals surface area contributed by atoms with Gasteiger partial charge in [0.15, 0.2) is 0 Å². The van der Waals surface area contributed by atoms with Gasteiger partial charge in [0.2, 0.25) is 100 Å². The summed E-state index contributed by atoms with van der Waals surface area (Å²) in [6.45, 7) is -4.45. The largest absolute Gasteiger partial charge is 0.480 e. The number of β-amino-alcohol motifs (C(OH)–C–C–N with tert-alkyl or cyclic N) is 6. The Morgan fingerprint density at radius 3 is 0.643 bits per heavy atom. The Labute approximate surface area is 659 Å². The van der Waals surface area contributed by atoms with Gasteiger partial charge in [-0.1, -0.05) is 0 Å². The van der Waals surface area contributed by atoms with Gasteiger partial charge in [0.05, 0.1) is 75.4 Å². The fraction of sp³-hybridized carbons (Fsp3) is 0.750. The van der Waals surface area contributed by atoms with Crippen molar-refractivity contribution >= 4 is 106 Å². The van der Waals surface area contributed by atoms with Gasteiger partial charge < -0.3 is 127 Å². The molecular formula is C72H104N18O25. The lowest BCUT2D eigenvalue weighted by Crippen LogP contribution is -2.57. The summed E-state index contributed by atoms with van der Waals surface area (Å²) in [4.78, 5) is 259. The summed E-state index contributed by atoms with van der Waals surface area (Å²) < 4.78 is 0. The minimum Gasteiger partial charge on any atom is -0.480 e. The van der Waals surface area contributed by atoms with Crippen molar-refractivity contribution in [3.63, 3.8) is 0 Å². The van der Waals surface area contributed by atoms with Crippen LogP contribution in [0.1, 0.15) is 116 Å². The van der Waals surface area contributed by atoms with Gasteiger partial charge in [-0.05, 0) is 83.5 Å². The van der Waals surface area contributed by atoms with Crippen LogP contribution < -0.4 is 37.2 Å². The quantitative estimate of drug-likeness (QED) is 0.0427. The van der Waals surface area contributed by atoms with Gasteiger partial charge in [0, 0.05) is 111 Å². The molecular weight excluding hydrogens is 1520 g/mol. The Balaban J connectivity index is 0.580. The van der Waals surface area contributed by atoms with Crippen LogP contribution in [0.2, 0.25) is 0 Å². The predicted molar refractivity (Wildman–Crippen MR) is 387 cm³/mol. The van der Waals surface area contributed by atoms with E-state index < -0.39 is 249 Å². The number of aliphatic hydroxyl groups is 6. The molecule has 0 radical (unpaired) electrons. The van der Waals surface area contributed by atoms with Gasteiger partial charge in [0.1, 0.15) is 73.0 Å². The number of carboxylic acid groups (broad SMARTS) is 1. The molecule has 0 aromatic carbocycles. The molecule has 12 aliphatic heterocycles. The first-order chi connectivity index (χ1) is 54.9. The van der Waals surface area contributed by atoms with E-state index in [1.54, 1.807) is 0 Å². The van der Waals surface area contributed by atoms with E-state index in [0.717, 1.165) is 24.5 Å². The number of hydrogen-bond acceptors (Lipinski definition) is 25. The van der Waals surface area contributed by atoms with E-state index in [9.17, 15) is 117 Å². The highest BCUT2D eigenvalue weighted by atomic mass is 16.4. The van der Waals surface area contributed by atoms with E-state index in [1.165, 1.54) is 29.4 Å². The maximum Gasteiger partial charge on any atom is 0.322 e. The second kappa shape index (κ2) is 36.6. The summed E-state index contributed by atoms with van der Waals surface area (Å²) in [6.07, 6.45) is -3.80. The van der Waals surface area contributed by atoms with E-state index in [1.807, 2.05) is 0 Å². The molecule has 12 rings (SSSR count). The summed E-state index contributed by atoms with van der Waals surface area (Å²) in [5.41, 5.74) is 0. The third kappa shape index (κ3) is 18.7. The van der Waals surface area contributed by atoms with Crippen LogP contribution in [0.4, 0.5) is 0 Å². The number of likely N-dealkylation sites (tertiary alicyclic amines) is 11. The Kier molecular flexibility index (Phi) is 26.9. The normalized spacial score (nSPS) is 31.2. The molecule has 43 heteroatoms. The van der Waals surface area contributed by atoms with Crippen LogP contribution in [0.25, 0.3) is 0 Å². The number of aliphatic carboxylic acids is 1. The molecule has 0 aromatic rings. The standard InChI is InChI=1S/C72H104N18O25/c91-37-19-43(73-25-37)67(110)80-13-1-7-44(80)61(104)74-26-55(97)86-32-38(92)20-50(86)68(111)81-14-2-8-45(81)62(105)75-27-56(98)87-33-39(93)21-51(87)69(112)82-15-3-9-46(82)63(106)76-28-57(99)88-34-40(94)22-52(88)70(113)83-16-4-10-47(83)64(107)77-29-58(100)89-35-41(95)23-53(89)71(114)84-17-5-11-48(84)65(108)78-30-59(101)90-36-42(96)24-54(90)72(115)85-18-6-12-49(85)66(109)79-31-60(102)103/h37-54,73,91-96H,1-36H2,(H,74,104)(H,75,105)(H,76,106)(H,77,107)(H,78,108)(H,79,109)(H,102,103)/t37-,38-,39-,40-,41-,42-,43+,44+,45+,46+,47+,48+,49+,50+,51+,52+,53+,54+/m1/s1. The lowest BCUT2D eigenvalue weighted by molar-refractivity contribution is -0.148. The van der Waals surface area contributed by atoms with Crippen LogP contribution in [-0.4, -0.2) is 423 Å². The molecule has 18 atom stereocenters. The Morgan fingerprint density at radius 2 is 0.452 bits per heavy atom. The fourth-order valence-corrected chi connectivity index (χ4v) is 18.7. The number of carbonyl (C=O) groups excluding carboxylic acids is 17. The zero-order chi connectivity index (χ0) is 82.5. The molecule has 0 spiro atoms. The second-order valence-corrected chi connectivity index (χ2v) is 31.9. The summed E-state index contributed by atoms with van der Waals surface area (Å²) in [5, 5.41) is 90.7. The minimum absolute atomic E-state index is 0.0405. The summed E-state index contributed by atoms with van der Waals surface area (Å²) in [7, 11) is 0. The van der Waals surface area contributed by atoms with E-state index in [0.29, 0.717) is 51.5 Å². The van der Waals surface area contributed by atoms with Gasteiger partial charge in [-0.25, -0.2) is 0 Å². The third-order valence-corrected chi connectivity index (χ3v) is 24.3. The van der Waals surface area contributed by atoms with E-state index in [4.69, 9.17) is 5.11 Å². The maximum atomic E-state index is 14.4. The molecule has 14 N–H and O–H groups in total. The molecule has 17 amide bonds. The SMILES string of the molecule is O=C(O)CNC(=O)[C@@H]1CCCN1C(=O)[C@@H]1C[C@@H](O)CN1C(=O)CNC(=O)[C@@H]1CCCN1C(=O)[C@@H]1C[C@@H](O)CN1C(=O)CNC(=O)[C@@H]1CCCN1C(=O)[C@@H]1C[C@@H](O)CN1C(=O)CNC(=O)[C@@H]1CCCN1C(=O)[C@@H]1C[C@@H](O)CN1C(=O)CNC(=O)[C@@H]1CCCN1C(=O)[C@@H]1C[C@@H](O)CN1C(=O)CNC(=O)[C@@H]1CCCN1C(=O)[C@@H]1C[C@@H](O)CN1. The molecule has 43 nitrogen and oxygen atoms in total. The van der Waals surface area contributed by atoms with Crippen molar-refractivity contribution in [1.82, 2.24) is 91.1 Å². The minimum atomic E-state index is -1.31. The highest BCUT2D eigenvalue weighted by Crippen LogP contribution is 2.33. The maximum absolute atomic E-state index is 14.4. The number of aliphatic hydroxyl groups excluding tert-OH is 6. The first-order valence-electron chi connectivity index (χ1n) is 39.9. The van der Waals surface area contributed by atoms with Gasteiger partial charge in [-0.2, -0.15) is 0 Å². The van der Waals surface area contributed by atoms with Crippen molar-refractivity contribution in [2.75, 3.05) is 118 Å². The highest BCUT2D eigenvalue weighted by Gasteiger charge is 2.52. The van der Waals surface area contributed by atoms with Crippen LogP contribution >= 0.6 is 0 Å². The smallest absolute Gasteiger partial charge is 0.322 e. The lowest BCUT2D eigenvalue weighted by Gasteiger charge is -2.32. The van der Waals surface area contributed by atoms with Crippen LogP contribution in [0, 0.1) is 0 Å². The van der Waals surface area contributed by atoms with Gasteiger partial charge >= 0.3 is 5.97 Å². The van der Waals surface area contributed by atoms with Crippen molar-refractivity contribution in [2.24, 2.45) is 0 Å². The highest BCUT2D eigenvalue weighted by molar-refractivity contribution is 6.01. The molecule has 632 valence electrons. The molecule has 0 aromatic heterocycles. The molecule has 12 heterocycles. The van der Waals surface area contributed by atoms with Gasteiger partial charge in [-0.3, -0.25) is 86.3 Å². The van der Waals surface area contributed by atoms with Crippen LogP contribution in [0.15, 0.2) is 0 Å². The second-order valence-electron chi connectivity index (χ2n) is 31.9. The number of carbonyl (C=O) groups is 18. The first kappa shape index (κ1) is 84.6. The van der Waals surface area contributed by atoms with Crippen molar-refractivity contribution < 1.29 is 122 Å². The summed E-state index contributed by atoms with van der Waals surface area (Å²) in [6, 6.07) is -13.3. The zero-order valence-electron chi connectivity index (χ0n) is 63.7. The molecule has 0 aliphatic carbocycles. The molecule has 12 aliphatic rings. The van der Waals surface area contributed by atoms with Crippen LogP contribution in [0.3, 0.4) is 0 Å². The lowest BCUT2D eigenvalue weighted by atomic mass is 10.1. The number of hydrogen-bond donors (Lipinski definition) is 14. The number of nitrogens with one attached hydrogen (secondary N) is 7. The van der Waals surface area contributed by atoms with E-state index in [2.05, 4.69) is 37.2 Å². The number of nitrogens with zero attached hydrogens (tertiary/aromatic N) is 11. The predicted octanol–water partition coefficient (Wildman–Crippen LogP) is -11.8. The topological polar surface area (TPSA) is 569 Å². The van der Waals surface area contributed by atoms with Gasteiger partial charge in [0.25, 0.3) is 0 Å². The number of carboxylic acids is 1. The van der Waals surface area contributed by atoms with E-state index in [-0.39, 0.29) is 149 Å². The summed E-state index contributed by atoms with van der Waals surface area (Å²) in [5.74, 6) is -13.0. The van der Waals surface area contributed by atoms with Crippen molar-refractivity contribution in [2.45, 2.75) is 225 Å². The van der Waals surface area contributed by atoms with Crippen molar-refractivity contribution in [3.05, 3.63) is 0 Å². The Hall–Kier alpha value is -9.82. The van der Waals surface area contributed by atoms with Crippen molar-refractivity contribution in [1.29, 1.82) is 0 Å². The molecule has 12 fully saturated rings. The average molecular weight is 1620 g/mol. The molecule has 0 bridgehead atoms.